The number of halogens is 2. The van der Waals surface area contributed by atoms with Crippen LogP contribution in [0.4, 0.5) is 0 Å². The fourth-order valence-corrected chi connectivity index (χ4v) is 2.76. The lowest BCUT2D eigenvalue weighted by Crippen LogP contribution is -1.96. The molecule has 0 aromatic heterocycles. The first-order valence-corrected chi connectivity index (χ1v) is 7.37. The molecule has 0 aliphatic heterocycles. The smallest absolute Gasteiger partial charge is 0.121 e. The number of methoxy groups -OCH3 is 1. The zero-order chi connectivity index (χ0) is 14.0. The van der Waals surface area contributed by atoms with Gasteiger partial charge in [0.1, 0.15) is 5.75 Å². The van der Waals surface area contributed by atoms with Gasteiger partial charge >= 0.3 is 0 Å². The summed E-state index contributed by atoms with van der Waals surface area (Å²) in [5.41, 5.74) is 4.63. The molecular formula is C16H16BrClO. The number of benzene rings is 2. The predicted octanol–water partition coefficient (Wildman–Crippen LogP) is 5.45. The Morgan fingerprint density at radius 3 is 2.11 bits per heavy atom. The number of hydrogen-bond acceptors (Lipinski definition) is 1. The third kappa shape index (κ3) is 3.13. The molecule has 0 spiro atoms. The van der Waals surface area contributed by atoms with Crippen LogP contribution in [-0.2, 0) is 0 Å². The van der Waals surface area contributed by atoms with E-state index in [0.717, 1.165) is 21.9 Å². The van der Waals surface area contributed by atoms with Gasteiger partial charge in [-0.2, -0.15) is 0 Å². The molecule has 0 saturated heterocycles. The quantitative estimate of drug-likeness (QED) is 0.676. The van der Waals surface area contributed by atoms with E-state index >= 15 is 0 Å². The molecule has 2 rings (SSSR count). The first-order valence-electron chi connectivity index (χ1n) is 6.07. The molecular weight excluding hydrogens is 324 g/mol. The Bertz CT molecular complexity index is 595. The van der Waals surface area contributed by atoms with Gasteiger partial charge in [-0.05, 0) is 48.2 Å². The Kier molecular flexibility index (Phi) is 4.54. The van der Waals surface area contributed by atoms with Crippen LogP contribution < -0.4 is 4.74 Å². The third-order valence-electron chi connectivity index (χ3n) is 3.19. The topological polar surface area (TPSA) is 9.23 Å². The average Bonchev–Trinajstić information content (AvgIpc) is 2.41. The maximum absolute atomic E-state index is 6.06. The molecule has 0 heterocycles. The standard InChI is InChI=1S/C16H16BrClO/c1-10-8-12(4-6-14(10)18)16(17)13-5-7-15(19-3)11(2)9-13/h4-9,16H,1-3H3. The molecule has 2 aromatic carbocycles. The van der Waals surface area contributed by atoms with Crippen molar-refractivity contribution >= 4 is 27.5 Å². The van der Waals surface area contributed by atoms with Crippen molar-refractivity contribution in [2.24, 2.45) is 0 Å². The van der Waals surface area contributed by atoms with Crippen molar-refractivity contribution in [3.63, 3.8) is 0 Å². The number of aryl methyl sites for hydroxylation is 2. The van der Waals surface area contributed by atoms with E-state index in [-0.39, 0.29) is 4.83 Å². The highest BCUT2D eigenvalue weighted by atomic mass is 79.9. The summed E-state index contributed by atoms with van der Waals surface area (Å²) in [4.78, 5) is 0.160. The summed E-state index contributed by atoms with van der Waals surface area (Å²) in [6.45, 7) is 4.07. The van der Waals surface area contributed by atoms with E-state index in [4.69, 9.17) is 16.3 Å². The molecule has 0 bridgehead atoms. The fraction of sp³-hybridized carbons (Fsp3) is 0.250. The molecule has 0 aliphatic carbocycles. The van der Waals surface area contributed by atoms with Gasteiger partial charge in [0, 0.05) is 5.02 Å². The predicted molar refractivity (Wildman–Crippen MR) is 84.7 cm³/mol. The Morgan fingerprint density at radius 2 is 1.58 bits per heavy atom. The number of ether oxygens (including phenoxy) is 1. The molecule has 0 N–H and O–H groups in total. The molecule has 19 heavy (non-hydrogen) atoms. The van der Waals surface area contributed by atoms with Crippen LogP contribution in [0.1, 0.15) is 27.1 Å². The van der Waals surface area contributed by atoms with Crippen LogP contribution in [0.2, 0.25) is 5.02 Å². The van der Waals surface area contributed by atoms with Gasteiger partial charge in [-0.1, -0.05) is 51.8 Å². The second-order valence-corrected chi connectivity index (χ2v) is 5.92. The van der Waals surface area contributed by atoms with Gasteiger partial charge < -0.3 is 4.74 Å². The van der Waals surface area contributed by atoms with E-state index in [1.54, 1.807) is 7.11 Å². The summed E-state index contributed by atoms with van der Waals surface area (Å²) in [5, 5.41) is 0.800. The molecule has 3 heteroatoms. The van der Waals surface area contributed by atoms with Gasteiger partial charge in [0.05, 0.1) is 11.9 Å². The van der Waals surface area contributed by atoms with Crippen molar-refractivity contribution in [1.82, 2.24) is 0 Å². The lowest BCUT2D eigenvalue weighted by molar-refractivity contribution is 0.411. The highest BCUT2D eigenvalue weighted by Gasteiger charge is 2.12. The van der Waals surface area contributed by atoms with Crippen molar-refractivity contribution in [3.8, 4) is 5.75 Å². The summed E-state index contributed by atoms with van der Waals surface area (Å²) >= 11 is 9.81. The van der Waals surface area contributed by atoms with Gasteiger partial charge in [0.25, 0.3) is 0 Å². The maximum atomic E-state index is 6.06. The lowest BCUT2D eigenvalue weighted by Gasteiger charge is -2.14. The number of alkyl halides is 1. The van der Waals surface area contributed by atoms with Crippen LogP contribution in [0.3, 0.4) is 0 Å². The van der Waals surface area contributed by atoms with E-state index in [9.17, 15) is 0 Å². The minimum Gasteiger partial charge on any atom is -0.496 e. The molecule has 0 fully saturated rings. The van der Waals surface area contributed by atoms with Gasteiger partial charge in [-0.15, -0.1) is 0 Å². The zero-order valence-corrected chi connectivity index (χ0v) is 13.5. The van der Waals surface area contributed by atoms with Crippen LogP contribution >= 0.6 is 27.5 Å². The summed E-state index contributed by atoms with van der Waals surface area (Å²) in [6.07, 6.45) is 0. The number of rotatable bonds is 3. The van der Waals surface area contributed by atoms with Gasteiger partial charge in [0.2, 0.25) is 0 Å². The Balaban J connectivity index is 2.35. The van der Waals surface area contributed by atoms with Crippen LogP contribution in [-0.4, -0.2) is 7.11 Å². The molecule has 1 nitrogen and oxygen atoms in total. The van der Waals surface area contributed by atoms with Crippen molar-refractivity contribution in [2.45, 2.75) is 18.7 Å². The van der Waals surface area contributed by atoms with Crippen molar-refractivity contribution in [1.29, 1.82) is 0 Å². The molecule has 2 aromatic rings. The minimum atomic E-state index is 0.160. The van der Waals surface area contributed by atoms with Crippen LogP contribution in [0, 0.1) is 13.8 Å². The normalized spacial score (nSPS) is 12.3. The second kappa shape index (κ2) is 5.98. The van der Waals surface area contributed by atoms with E-state index in [2.05, 4.69) is 41.1 Å². The summed E-state index contributed by atoms with van der Waals surface area (Å²) < 4.78 is 5.29. The number of hydrogen-bond donors (Lipinski definition) is 0. The lowest BCUT2D eigenvalue weighted by atomic mass is 10.0. The summed E-state index contributed by atoms with van der Waals surface area (Å²) in [5.74, 6) is 0.913. The largest absolute Gasteiger partial charge is 0.496 e. The van der Waals surface area contributed by atoms with E-state index in [0.29, 0.717) is 0 Å². The molecule has 0 saturated carbocycles. The van der Waals surface area contributed by atoms with Gasteiger partial charge in [0.15, 0.2) is 0 Å². The molecule has 1 unspecified atom stereocenters. The highest BCUT2D eigenvalue weighted by Crippen LogP contribution is 2.34. The van der Waals surface area contributed by atoms with Gasteiger partial charge in [-0.25, -0.2) is 0 Å². The summed E-state index contributed by atoms with van der Waals surface area (Å²) in [7, 11) is 1.69. The highest BCUT2D eigenvalue weighted by molar-refractivity contribution is 9.09. The van der Waals surface area contributed by atoms with Crippen molar-refractivity contribution in [3.05, 3.63) is 63.7 Å². The molecule has 0 amide bonds. The minimum absolute atomic E-state index is 0.160. The first-order chi connectivity index (χ1) is 9.02. The molecule has 100 valence electrons. The SMILES string of the molecule is COc1ccc(C(Br)c2ccc(Cl)c(C)c2)cc1C. The molecule has 0 radical (unpaired) electrons. The Morgan fingerprint density at radius 1 is 1.00 bits per heavy atom. The van der Waals surface area contributed by atoms with Crippen LogP contribution in [0.5, 0.6) is 5.75 Å². The third-order valence-corrected chi connectivity index (χ3v) is 4.67. The van der Waals surface area contributed by atoms with E-state index < -0.39 is 0 Å². The van der Waals surface area contributed by atoms with E-state index in [1.807, 2.05) is 25.1 Å². The molecule has 0 aliphatic rings. The Hall–Kier alpha value is -0.990. The van der Waals surface area contributed by atoms with E-state index in [1.165, 1.54) is 11.1 Å². The first kappa shape index (κ1) is 14.4. The fourth-order valence-electron chi connectivity index (χ4n) is 2.08. The van der Waals surface area contributed by atoms with Gasteiger partial charge in [-0.3, -0.25) is 0 Å². The second-order valence-electron chi connectivity index (χ2n) is 4.60. The maximum Gasteiger partial charge on any atom is 0.121 e. The van der Waals surface area contributed by atoms with Crippen molar-refractivity contribution in [2.75, 3.05) is 7.11 Å². The Labute approximate surface area is 127 Å². The summed E-state index contributed by atoms with van der Waals surface area (Å²) in [6, 6.07) is 12.3. The van der Waals surface area contributed by atoms with Crippen molar-refractivity contribution < 1.29 is 4.74 Å². The monoisotopic (exact) mass is 338 g/mol. The zero-order valence-electron chi connectivity index (χ0n) is 11.2. The van der Waals surface area contributed by atoms with Crippen LogP contribution in [0.25, 0.3) is 0 Å². The molecule has 1 atom stereocenters. The average molecular weight is 340 g/mol. The van der Waals surface area contributed by atoms with Crippen LogP contribution in [0.15, 0.2) is 36.4 Å².